The normalized spacial score (nSPS) is 14.5. The van der Waals surface area contributed by atoms with E-state index in [9.17, 15) is 4.79 Å². The summed E-state index contributed by atoms with van der Waals surface area (Å²) in [5.74, 6) is 1.07. The van der Waals surface area contributed by atoms with E-state index in [1.807, 2.05) is 36.4 Å². The second-order valence-electron chi connectivity index (χ2n) is 5.34. The van der Waals surface area contributed by atoms with Crippen molar-refractivity contribution in [3.8, 4) is 0 Å². The van der Waals surface area contributed by atoms with Crippen LogP contribution in [0.25, 0.3) is 6.08 Å². The van der Waals surface area contributed by atoms with E-state index >= 15 is 0 Å². The maximum atomic E-state index is 12.2. The highest BCUT2D eigenvalue weighted by Crippen LogP contribution is 2.17. The lowest BCUT2D eigenvalue weighted by Crippen LogP contribution is -2.13. The summed E-state index contributed by atoms with van der Waals surface area (Å²) in [5, 5.41) is 4.91. The number of benzene rings is 2. The third kappa shape index (κ3) is 4.73. The van der Waals surface area contributed by atoms with Crippen LogP contribution in [-0.2, 0) is 0 Å². The predicted octanol–water partition coefficient (Wildman–Crippen LogP) is 5.14. The van der Waals surface area contributed by atoms with Gasteiger partial charge < -0.3 is 5.32 Å². The largest absolute Gasteiger partial charge is 0.335 e. The molecule has 0 amide bonds. The molecule has 0 unspecified atom stereocenters. The van der Waals surface area contributed by atoms with Crippen molar-refractivity contribution in [3.05, 3.63) is 70.8 Å². The van der Waals surface area contributed by atoms with E-state index in [0.717, 1.165) is 35.1 Å². The molecule has 3 nitrogen and oxygen atoms in total. The number of nitrogens with one attached hydrogen (secondary N) is 1. The summed E-state index contributed by atoms with van der Waals surface area (Å²) in [6, 6.07) is 14.8. The van der Waals surface area contributed by atoms with E-state index in [1.54, 1.807) is 36.0 Å². The number of thioether (sulfide) groups is 1. The second-order valence-corrected chi connectivity index (χ2v) is 6.86. The number of rotatable bonds is 4. The Morgan fingerprint density at radius 1 is 1.12 bits per heavy atom. The highest BCUT2D eigenvalue weighted by atomic mass is 35.5. The molecular weight excluding hydrogens is 340 g/mol. The fraction of sp³-hybridized carbons (Fsp3) is 0.158. The van der Waals surface area contributed by atoms with E-state index in [0.29, 0.717) is 10.6 Å². The van der Waals surface area contributed by atoms with Gasteiger partial charge in [-0.15, -0.1) is 0 Å². The van der Waals surface area contributed by atoms with Crippen LogP contribution in [0.3, 0.4) is 0 Å². The first-order valence-corrected chi connectivity index (χ1v) is 9.09. The fourth-order valence-corrected chi connectivity index (χ4v) is 3.18. The zero-order valence-electron chi connectivity index (χ0n) is 13.0. The molecule has 24 heavy (non-hydrogen) atoms. The topological polar surface area (TPSA) is 41.5 Å². The van der Waals surface area contributed by atoms with Gasteiger partial charge in [0.05, 0.1) is 0 Å². The lowest BCUT2D eigenvalue weighted by Gasteiger charge is -2.13. The average Bonchev–Trinajstić information content (AvgIpc) is 2.62. The molecular formula is C19H17ClN2OS. The standard InChI is InChI=1S/C19H17ClN2OS/c20-16-7-2-14(3-8-16)4-11-18(23)15-5-9-17(10-6-15)22-19-21-12-1-13-24-19/h2-11H,1,12-13H2,(H,21,22)/b11-4+. The Morgan fingerprint density at radius 3 is 2.54 bits per heavy atom. The molecule has 1 aliphatic heterocycles. The molecule has 0 radical (unpaired) electrons. The number of carbonyl (C=O) groups excluding carboxylic acids is 1. The summed E-state index contributed by atoms with van der Waals surface area (Å²) in [5.41, 5.74) is 2.55. The molecule has 2 aromatic carbocycles. The zero-order chi connectivity index (χ0) is 16.8. The average molecular weight is 357 g/mol. The van der Waals surface area contributed by atoms with Crippen LogP contribution >= 0.6 is 23.4 Å². The summed E-state index contributed by atoms with van der Waals surface area (Å²) in [7, 11) is 0. The molecule has 3 rings (SSSR count). The first-order chi connectivity index (χ1) is 11.7. The first-order valence-electron chi connectivity index (χ1n) is 7.73. The van der Waals surface area contributed by atoms with Gasteiger partial charge in [0.1, 0.15) is 0 Å². The van der Waals surface area contributed by atoms with Gasteiger partial charge >= 0.3 is 0 Å². The van der Waals surface area contributed by atoms with Gasteiger partial charge in [-0.1, -0.05) is 41.6 Å². The third-order valence-electron chi connectivity index (χ3n) is 3.51. The number of ketones is 1. The van der Waals surface area contributed by atoms with Gasteiger partial charge in [0.25, 0.3) is 0 Å². The lowest BCUT2D eigenvalue weighted by molar-refractivity contribution is 0.104. The van der Waals surface area contributed by atoms with Gasteiger partial charge in [0.15, 0.2) is 11.0 Å². The van der Waals surface area contributed by atoms with Crippen molar-refractivity contribution < 1.29 is 4.79 Å². The molecule has 122 valence electrons. The van der Waals surface area contributed by atoms with Crippen molar-refractivity contribution in [3.63, 3.8) is 0 Å². The minimum absolute atomic E-state index is 0.0270. The number of hydrogen-bond donors (Lipinski definition) is 1. The van der Waals surface area contributed by atoms with Crippen LogP contribution < -0.4 is 5.32 Å². The van der Waals surface area contributed by atoms with Crippen LogP contribution in [0.1, 0.15) is 22.3 Å². The van der Waals surface area contributed by atoms with Crippen molar-refractivity contribution in [2.75, 3.05) is 17.6 Å². The maximum absolute atomic E-state index is 12.2. The number of halogens is 1. The van der Waals surface area contributed by atoms with Crippen LogP contribution in [0.4, 0.5) is 5.69 Å². The number of amidine groups is 1. The Morgan fingerprint density at radius 2 is 1.88 bits per heavy atom. The summed E-state index contributed by atoms with van der Waals surface area (Å²) < 4.78 is 0. The second kappa shape index (κ2) is 8.18. The zero-order valence-corrected chi connectivity index (χ0v) is 14.6. The fourth-order valence-electron chi connectivity index (χ4n) is 2.22. The number of aliphatic imine (C=N–C) groups is 1. The van der Waals surface area contributed by atoms with Crippen LogP contribution in [0.2, 0.25) is 5.02 Å². The molecule has 0 aliphatic carbocycles. The molecule has 5 heteroatoms. The molecule has 0 atom stereocenters. The van der Waals surface area contributed by atoms with Gasteiger partial charge in [-0.25, -0.2) is 0 Å². The van der Waals surface area contributed by atoms with E-state index in [2.05, 4.69) is 10.3 Å². The molecule has 0 aromatic heterocycles. The van der Waals surface area contributed by atoms with Crippen LogP contribution in [0, 0.1) is 0 Å². The number of carbonyl (C=O) groups is 1. The Balaban J connectivity index is 1.63. The first kappa shape index (κ1) is 16.8. The molecule has 0 fully saturated rings. The van der Waals surface area contributed by atoms with Gasteiger partial charge in [-0.3, -0.25) is 9.79 Å². The number of hydrogen-bond acceptors (Lipinski definition) is 4. The summed E-state index contributed by atoms with van der Waals surface area (Å²) >= 11 is 7.57. The van der Waals surface area contributed by atoms with Crippen LogP contribution in [-0.4, -0.2) is 23.2 Å². The van der Waals surface area contributed by atoms with Gasteiger partial charge in [-0.2, -0.15) is 0 Å². The Kier molecular flexibility index (Phi) is 5.72. The lowest BCUT2D eigenvalue weighted by atomic mass is 10.1. The Labute approximate surface area is 150 Å². The molecule has 1 N–H and O–H groups in total. The van der Waals surface area contributed by atoms with Gasteiger partial charge in [-0.05, 0) is 54.5 Å². The predicted molar refractivity (Wildman–Crippen MR) is 104 cm³/mol. The van der Waals surface area contributed by atoms with Crippen molar-refractivity contribution in [1.29, 1.82) is 0 Å². The molecule has 0 spiro atoms. The SMILES string of the molecule is O=C(/C=C/c1ccc(Cl)cc1)c1ccc(NC2=NCCCS2)cc1. The van der Waals surface area contributed by atoms with Crippen molar-refractivity contribution in [2.24, 2.45) is 4.99 Å². The molecule has 2 aromatic rings. The van der Waals surface area contributed by atoms with E-state index in [1.165, 1.54) is 0 Å². The summed E-state index contributed by atoms with van der Waals surface area (Å²) in [4.78, 5) is 16.7. The number of anilines is 1. The third-order valence-corrected chi connectivity index (χ3v) is 4.76. The number of allylic oxidation sites excluding steroid dienone is 1. The monoisotopic (exact) mass is 356 g/mol. The smallest absolute Gasteiger partial charge is 0.185 e. The van der Waals surface area contributed by atoms with Crippen molar-refractivity contribution >= 4 is 46.1 Å². The highest BCUT2D eigenvalue weighted by Gasteiger charge is 2.07. The maximum Gasteiger partial charge on any atom is 0.185 e. The Bertz CT molecular complexity index is 767. The highest BCUT2D eigenvalue weighted by molar-refractivity contribution is 8.14. The minimum Gasteiger partial charge on any atom is -0.335 e. The number of nitrogens with zero attached hydrogens (tertiary/aromatic N) is 1. The van der Waals surface area contributed by atoms with Crippen molar-refractivity contribution in [1.82, 2.24) is 0 Å². The van der Waals surface area contributed by atoms with Gasteiger partial charge in [0, 0.05) is 28.6 Å². The van der Waals surface area contributed by atoms with Crippen molar-refractivity contribution in [2.45, 2.75) is 6.42 Å². The Hall–Kier alpha value is -2.04. The molecule has 1 heterocycles. The quantitative estimate of drug-likeness (QED) is 0.609. The molecule has 0 saturated heterocycles. The summed E-state index contributed by atoms with van der Waals surface area (Å²) in [6.45, 7) is 0.876. The van der Waals surface area contributed by atoms with E-state index in [-0.39, 0.29) is 5.78 Å². The van der Waals surface area contributed by atoms with Gasteiger partial charge in [0.2, 0.25) is 0 Å². The molecule has 0 saturated carbocycles. The molecule has 1 aliphatic rings. The van der Waals surface area contributed by atoms with E-state index < -0.39 is 0 Å². The van der Waals surface area contributed by atoms with E-state index in [4.69, 9.17) is 11.6 Å². The summed E-state index contributed by atoms with van der Waals surface area (Å²) in [6.07, 6.45) is 4.49. The minimum atomic E-state index is -0.0270. The van der Waals surface area contributed by atoms with Crippen LogP contribution in [0.15, 0.2) is 59.6 Å². The molecule has 0 bridgehead atoms. The van der Waals surface area contributed by atoms with Crippen LogP contribution in [0.5, 0.6) is 0 Å².